The Bertz CT molecular complexity index is 207. The maximum Gasteiger partial charge on any atom is 0.407 e. The minimum Gasteiger partial charge on any atom is -0.465 e. The highest BCUT2D eigenvalue weighted by atomic mass is 16.4. The number of hydrogen-bond acceptors (Lipinski definition) is 1. The fraction of sp³-hybridized carbons (Fsp3) is 0.727. The molecule has 3 nitrogen and oxygen atoms in total. The topological polar surface area (TPSA) is 40.5 Å². The lowest BCUT2D eigenvalue weighted by Crippen LogP contribution is -2.41. The van der Waals surface area contributed by atoms with Gasteiger partial charge in [0.25, 0.3) is 0 Å². The summed E-state index contributed by atoms with van der Waals surface area (Å²) in [6.45, 7) is 6.27. The van der Waals surface area contributed by atoms with Gasteiger partial charge in [-0.1, -0.05) is 13.0 Å². The average molecular weight is 197 g/mol. The molecule has 0 radical (unpaired) electrons. The van der Waals surface area contributed by atoms with E-state index in [1.54, 1.807) is 6.08 Å². The molecule has 0 atom stereocenters. The smallest absolute Gasteiger partial charge is 0.407 e. The molecule has 0 aromatic heterocycles. The van der Waals surface area contributed by atoms with Gasteiger partial charge in [-0.3, -0.25) is 0 Å². The Labute approximate surface area is 85.4 Å². The molecular formula is C11H19NO2. The minimum absolute atomic E-state index is 0.210. The number of rotatable bonds is 3. The van der Waals surface area contributed by atoms with Gasteiger partial charge in [0, 0.05) is 12.6 Å². The van der Waals surface area contributed by atoms with E-state index in [4.69, 9.17) is 5.11 Å². The van der Waals surface area contributed by atoms with Gasteiger partial charge in [-0.15, -0.1) is 6.58 Å². The van der Waals surface area contributed by atoms with Crippen molar-refractivity contribution < 1.29 is 9.90 Å². The van der Waals surface area contributed by atoms with E-state index in [0.29, 0.717) is 6.54 Å². The number of carbonyl (C=O) groups is 1. The molecule has 1 rings (SSSR count). The zero-order valence-corrected chi connectivity index (χ0v) is 8.78. The SMILES string of the molecule is C=CCN(C(=O)O)C1CCC(C)CC1. The lowest BCUT2D eigenvalue weighted by molar-refractivity contribution is 0.112. The summed E-state index contributed by atoms with van der Waals surface area (Å²) < 4.78 is 0. The number of nitrogens with zero attached hydrogens (tertiary/aromatic N) is 1. The summed E-state index contributed by atoms with van der Waals surface area (Å²) in [4.78, 5) is 12.5. The van der Waals surface area contributed by atoms with E-state index in [9.17, 15) is 4.79 Å². The molecule has 0 aliphatic heterocycles. The van der Waals surface area contributed by atoms with Crippen molar-refractivity contribution in [1.29, 1.82) is 0 Å². The van der Waals surface area contributed by atoms with Gasteiger partial charge in [-0.25, -0.2) is 4.79 Å². The van der Waals surface area contributed by atoms with Crippen LogP contribution >= 0.6 is 0 Å². The van der Waals surface area contributed by atoms with Crippen LogP contribution in [-0.2, 0) is 0 Å². The van der Waals surface area contributed by atoms with Crippen LogP contribution in [0.1, 0.15) is 32.6 Å². The van der Waals surface area contributed by atoms with Crippen molar-refractivity contribution in [2.24, 2.45) is 5.92 Å². The Morgan fingerprint density at radius 2 is 2.07 bits per heavy atom. The first-order chi connectivity index (χ1) is 6.65. The second-order valence-corrected chi connectivity index (χ2v) is 4.14. The molecule has 0 saturated heterocycles. The lowest BCUT2D eigenvalue weighted by Gasteiger charge is -2.33. The molecule has 0 aromatic rings. The Hall–Kier alpha value is -0.990. The highest BCUT2D eigenvalue weighted by Gasteiger charge is 2.26. The Kier molecular flexibility index (Phi) is 3.98. The molecule has 0 unspecified atom stereocenters. The van der Waals surface area contributed by atoms with Crippen molar-refractivity contribution >= 4 is 6.09 Å². The van der Waals surface area contributed by atoms with Crippen LogP contribution in [0.2, 0.25) is 0 Å². The van der Waals surface area contributed by atoms with Gasteiger partial charge in [-0.05, 0) is 31.6 Å². The van der Waals surface area contributed by atoms with Gasteiger partial charge in [0.2, 0.25) is 0 Å². The van der Waals surface area contributed by atoms with Crippen molar-refractivity contribution in [1.82, 2.24) is 4.90 Å². The van der Waals surface area contributed by atoms with Crippen molar-refractivity contribution in [3.8, 4) is 0 Å². The molecule has 0 bridgehead atoms. The maximum absolute atomic E-state index is 10.9. The van der Waals surface area contributed by atoms with Crippen LogP contribution in [0.4, 0.5) is 4.79 Å². The summed E-state index contributed by atoms with van der Waals surface area (Å²) in [5.41, 5.74) is 0. The summed E-state index contributed by atoms with van der Waals surface area (Å²) in [7, 11) is 0. The largest absolute Gasteiger partial charge is 0.465 e. The van der Waals surface area contributed by atoms with Crippen molar-refractivity contribution in [3.63, 3.8) is 0 Å². The highest BCUT2D eigenvalue weighted by molar-refractivity contribution is 5.65. The molecule has 80 valence electrons. The van der Waals surface area contributed by atoms with Crippen LogP contribution in [0, 0.1) is 5.92 Å². The van der Waals surface area contributed by atoms with Crippen LogP contribution in [-0.4, -0.2) is 28.7 Å². The third kappa shape index (κ3) is 2.76. The van der Waals surface area contributed by atoms with E-state index in [1.807, 2.05) is 0 Å². The molecule has 3 heteroatoms. The molecule has 0 spiro atoms. The Morgan fingerprint density at radius 1 is 1.50 bits per heavy atom. The number of amides is 1. The maximum atomic E-state index is 10.9. The van der Waals surface area contributed by atoms with Gasteiger partial charge in [0.15, 0.2) is 0 Å². The third-order valence-corrected chi connectivity index (χ3v) is 3.00. The van der Waals surface area contributed by atoms with E-state index in [0.717, 1.165) is 31.6 Å². The quantitative estimate of drug-likeness (QED) is 0.707. The van der Waals surface area contributed by atoms with Crippen LogP contribution in [0.15, 0.2) is 12.7 Å². The first-order valence-electron chi connectivity index (χ1n) is 5.25. The predicted octanol–water partition coefficient (Wildman–Crippen LogP) is 2.73. The van der Waals surface area contributed by atoms with Crippen LogP contribution < -0.4 is 0 Å². The molecule has 0 heterocycles. The van der Waals surface area contributed by atoms with Gasteiger partial charge in [-0.2, -0.15) is 0 Å². The molecule has 1 aliphatic rings. The predicted molar refractivity (Wildman–Crippen MR) is 56.3 cm³/mol. The van der Waals surface area contributed by atoms with Crippen LogP contribution in [0.25, 0.3) is 0 Å². The average Bonchev–Trinajstić information content (AvgIpc) is 2.15. The van der Waals surface area contributed by atoms with Gasteiger partial charge in [0.1, 0.15) is 0 Å². The fourth-order valence-corrected chi connectivity index (χ4v) is 2.08. The normalized spacial score (nSPS) is 26.9. The van der Waals surface area contributed by atoms with Crippen molar-refractivity contribution in [3.05, 3.63) is 12.7 Å². The van der Waals surface area contributed by atoms with Crippen LogP contribution in [0.5, 0.6) is 0 Å². The molecule has 14 heavy (non-hydrogen) atoms. The molecule has 1 fully saturated rings. The summed E-state index contributed by atoms with van der Waals surface area (Å²) >= 11 is 0. The molecular weight excluding hydrogens is 178 g/mol. The summed E-state index contributed by atoms with van der Waals surface area (Å²) in [5, 5.41) is 9.00. The summed E-state index contributed by atoms with van der Waals surface area (Å²) in [6.07, 6.45) is 5.14. The molecule has 1 aliphatic carbocycles. The van der Waals surface area contributed by atoms with E-state index >= 15 is 0 Å². The molecule has 1 N–H and O–H groups in total. The van der Waals surface area contributed by atoms with Gasteiger partial charge < -0.3 is 10.0 Å². The van der Waals surface area contributed by atoms with Gasteiger partial charge >= 0.3 is 6.09 Å². The van der Waals surface area contributed by atoms with E-state index in [-0.39, 0.29) is 6.04 Å². The standard InChI is InChI=1S/C11H19NO2/c1-3-8-12(11(13)14)10-6-4-9(2)5-7-10/h3,9-10H,1,4-8H2,2H3,(H,13,14). The monoisotopic (exact) mass is 197 g/mol. The summed E-state index contributed by atoms with van der Waals surface area (Å²) in [6, 6.07) is 0.210. The van der Waals surface area contributed by atoms with Crippen molar-refractivity contribution in [2.75, 3.05) is 6.54 Å². The fourth-order valence-electron chi connectivity index (χ4n) is 2.08. The minimum atomic E-state index is -0.815. The van der Waals surface area contributed by atoms with Crippen molar-refractivity contribution in [2.45, 2.75) is 38.6 Å². The Balaban J connectivity index is 2.51. The van der Waals surface area contributed by atoms with Gasteiger partial charge in [0.05, 0.1) is 0 Å². The zero-order chi connectivity index (χ0) is 10.6. The third-order valence-electron chi connectivity index (χ3n) is 3.00. The highest BCUT2D eigenvalue weighted by Crippen LogP contribution is 2.27. The molecule has 1 amide bonds. The molecule has 1 saturated carbocycles. The van der Waals surface area contributed by atoms with E-state index < -0.39 is 6.09 Å². The second kappa shape index (κ2) is 5.03. The zero-order valence-electron chi connectivity index (χ0n) is 8.78. The number of hydrogen-bond donors (Lipinski definition) is 1. The summed E-state index contributed by atoms with van der Waals surface area (Å²) in [5.74, 6) is 0.755. The first-order valence-corrected chi connectivity index (χ1v) is 5.25. The molecule has 0 aromatic carbocycles. The second-order valence-electron chi connectivity index (χ2n) is 4.14. The number of carboxylic acid groups (broad SMARTS) is 1. The van der Waals surface area contributed by atoms with E-state index in [1.165, 1.54) is 4.90 Å². The van der Waals surface area contributed by atoms with E-state index in [2.05, 4.69) is 13.5 Å². The van der Waals surface area contributed by atoms with Crippen LogP contribution in [0.3, 0.4) is 0 Å². The first kappa shape index (κ1) is 11.1. The Morgan fingerprint density at radius 3 is 2.50 bits per heavy atom. The lowest BCUT2D eigenvalue weighted by atomic mass is 9.87.